The van der Waals surface area contributed by atoms with Crippen LogP contribution in [0.5, 0.6) is 11.6 Å². The highest BCUT2D eigenvalue weighted by Gasteiger charge is 2.45. The predicted octanol–water partition coefficient (Wildman–Crippen LogP) is -0.637. The van der Waals surface area contributed by atoms with Crippen LogP contribution in [0.2, 0.25) is 0 Å². The molecule has 1 fully saturated rings. The molecule has 0 aliphatic carbocycles. The lowest BCUT2D eigenvalue weighted by molar-refractivity contribution is -0.278. The van der Waals surface area contributed by atoms with E-state index in [4.69, 9.17) is 19.3 Å². The summed E-state index contributed by atoms with van der Waals surface area (Å²) in [5, 5.41) is 61.0. The summed E-state index contributed by atoms with van der Waals surface area (Å²) in [6.45, 7) is 4.38. The Morgan fingerprint density at radius 2 is 1.79 bits per heavy atom. The number of aromatic nitrogens is 2. The summed E-state index contributed by atoms with van der Waals surface area (Å²) in [5.74, 6) is 0.952. The van der Waals surface area contributed by atoms with Gasteiger partial charge < -0.3 is 50.4 Å². The molecule has 0 spiro atoms. The summed E-state index contributed by atoms with van der Waals surface area (Å²) < 4.78 is 17.0. The standard InChI is InChI=1S/C25H38N4O9/c1-14(2)19-17(23(29-28-19)38-24-22(34)21(33)20(32)18(13-31)37-24)12-15-4-6-16(7-5-15)36-11-3-8-26-25(35)27-9-10-30/h4-7,14,18,20-22,24,30-34H,3,8-13H2,1-2H3,(H,28,29)(H2,26,27,35)/t18-,20-,21+,22-,24?/m1/s1. The topological polar surface area (TPSA) is 199 Å². The van der Waals surface area contributed by atoms with Crippen LogP contribution in [-0.2, 0) is 11.2 Å². The Hall–Kier alpha value is -2.94. The Kier molecular flexibility index (Phi) is 11.1. The maximum absolute atomic E-state index is 11.4. The van der Waals surface area contributed by atoms with Gasteiger partial charge in [0, 0.05) is 30.8 Å². The zero-order valence-electron chi connectivity index (χ0n) is 21.5. The van der Waals surface area contributed by atoms with Crippen molar-refractivity contribution in [2.24, 2.45) is 0 Å². The lowest BCUT2D eigenvalue weighted by atomic mass is 9.98. The summed E-state index contributed by atoms with van der Waals surface area (Å²) in [7, 11) is 0. The van der Waals surface area contributed by atoms with Gasteiger partial charge in [-0.2, -0.15) is 0 Å². The molecule has 212 valence electrons. The van der Waals surface area contributed by atoms with E-state index in [-0.39, 0.29) is 31.0 Å². The summed E-state index contributed by atoms with van der Waals surface area (Å²) in [4.78, 5) is 11.4. The number of H-pyrrole nitrogens is 1. The monoisotopic (exact) mass is 538 g/mol. The van der Waals surface area contributed by atoms with Gasteiger partial charge in [0.1, 0.15) is 30.2 Å². The SMILES string of the molecule is CC(C)c1[nH]nc(OC2O[C@H](CO)[C@@H](O)[C@H](O)[C@H]2O)c1Cc1ccc(OCCCNC(=O)NCCO)cc1. The molecule has 38 heavy (non-hydrogen) atoms. The number of nitrogens with zero attached hydrogens (tertiary/aromatic N) is 1. The lowest BCUT2D eigenvalue weighted by Crippen LogP contribution is -2.60. The van der Waals surface area contributed by atoms with Gasteiger partial charge in [0.25, 0.3) is 0 Å². The third-order valence-electron chi connectivity index (χ3n) is 6.09. The van der Waals surface area contributed by atoms with Crippen LogP contribution < -0.4 is 20.1 Å². The third kappa shape index (κ3) is 7.79. The summed E-state index contributed by atoms with van der Waals surface area (Å²) >= 11 is 0. The first-order chi connectivity index (χ1) is 18.2. The molecule has 2 aromatic rings. The van der Waals surface area contributed by atoms with E-state index in [0.29, 0.717) is 31.7 Å². The van der Waals surface area contributed by atoms with Crippen LogP contribution in [0.25, 0.3) is 0 Å². The Balaban J connectivity index is 1.59. The van der Waals surface area contributed by atoms with Gasteiger partial charge in [-0.05, 0) is 30.0 Å². The van der Waals surface area contributed by atoms with Gasteiger partial charge in [-0.15, -0.1) is 5.10 Å². The van der Waals surface area contributed by atoms with E-state index in [1.807, 2.05) is 38.1 Å². The van der Waals surface area contributed by atoms with Crippen molar-refractivity contribution in [3.8, 4) is 11.6 Å². The van der Waals surface area contributed by atoms with Crippen LogP contribution in [0.15, 0.2) is 24.3 Å². The largest absolute Gasteiger partial charge is 0.494 e. The van der Waals surface area contributed by atoms with Gasteiger partial charge in [-0.3, -0.25) is 5.10 Å². The van der Waals surface area contributed by atoms with Crippen molar-refractivity contribution in [2.75, 3.05) is 32.9 Å². The maximum atomic E-state index is 11.4. The first kappa shape index (κ1) is 29.6. The van der Waals surface area contributed by atoms with E-state index in [2.05, 4.69) is 20.8 Å². The average molecular weight is 539 g/mol. The molecule has 0 radical (unpaired) electrons. The molecule has 1 unspecified atom stereocenters. The summed E-state index contributed by atoms with van der Waals surface area (Å²) in [6.07, 6.45) is -5.93. The number of urea groups is 1. The molecule has 13 heteroatoms. The van der Waals surface area contributed by atoms with Crippen molar-refractivity contribution < 1.29 is 44.5 Å². The van der Waals surface area contributed by atoms with Gasteiger partial charge >= 0.3 is 6.03 Å². The number of amides is 2. The van der Waals surface area contributed by atoms with Crippen molar-refractivity contribution in [3.05, 3.63) is 41.1 Å². The number of aliphatic hydroxyl groups is 5. The summed E-state index contributed by atoms with van der Waals surface area (Å²) in [6, 6.07) is 7.15. The smallest absolute Gasteiger partial charge is 0.314 e. The second-order valence-corrected chi connectivity index (χ2v) is 9.32. The number of hydrogen-bond acceptors (Lipinski definition) is 10. The quantitative estimate of drug-likeness (QED) is 0.152. The second kappa shape index (κ2) is 14.3. The van der Waals surface area contributed by atoms with E-state index >= 15 is 0 Å². The highest BCUT2D eigenvalue weighted by atomic mass is 16.7. The highest BCUT2D eigenvalue weighted by molar-refractivity contribution is 5.73. The Morgan fingerprint density at radius 3 is 2.45 bits per heavy atom. The number of benzene rings is 1. The second-order valence-electron chi connectivity index (χ2n) is 9.32. The van der Waals surface area contributed by atoms with Gasteiger partial charge in [0.15, 0.2) is 0 Å². The van der Waals surface area contributed by atoms with E-state index < -0.39 is 37.3 Å². The fourth-order valence-corrected chi connectivity index (χ4v) is 3.99. The average Bonchev–Trinajstić information content (AvgIpc) is 3.30. The molecule has 1 saturated heterocycles. The third-order valence-corrected chi connectivity index (χ3v) is 6.09. The Bertz CT molecular complexity index is 999. The molecule has 0 bridgehead atoms. The number of carbonyl (C=O) groups excluding carboxylic acids is 1. The minimum Gasteiger partial charge on any atom is -0.494 e. The maximum Gasteiger partial charge on any atom is 0.314 e. The molecular weight excluding hydrogens is 500 g/mol. The van der Waals surface area contributed by atoms with Crippen molar-refractivity contribution in [3.63, 3.8) is 0 Å². The molecule has 1 aliphatic rings. The molecule has 1 aromatic carbocycles. The molecule has 5 atom stereocenters. The lowest BCUT2D eigenvalue weighted by Gasteiger charge is -2.39. The molecule has 3 rings (SSSR count). The van der Waals surface area contributed by atoms with E-state index in [9.17, 15) is 25.2 Å². The van der Waals surface area contributed by atoms with Crippen molar-refractivity contribution >= 4 is 6.03 Å². The van der Waals surface area contributed by atoms with E-state index in [1.165, 1.54) is 0 Å². The van der Waals surface area contributed by atoms with Crippen molar-refractivity contribution in [1.29, 1.82) is 0 Å². The van der Waals surface area contributed by atoms with Gasteiger partial charge in [-0.25, -0.2) is 4.79 Å². The van der Waals surface area contributed by atoms with Crippen LogP contribution in [0.1, 0.15) is 43.0 Å². The van der Waals surface area contributed by atoms with Gasteiger partial charge in [0.2, 0.25) is 12.2 Å². The number of carbonyl (C=O) groups is 1. The fourth-order valence-electron chi connectivity index (χ4n) is 3.99. The molecule has 8 N–H and O–H groups in total. The molecule has 2 amide bonds. The summed E-state index contributed by atoms with van der Waals surface area (Å²) in [5.41, 5.74) is 2.53. The number of aromatic amines is 1. The number of nitrogens with one attached hydrogen (secondary N) is 3. The van der Waals surface area contributed by atoms with Crippen molar-refractivity contribution in [1.82, 2.24) is 20.8 Å². The van der Waals surface area contributed by atoms with Gasteiger partial charge in [-0.1, -0.05) is 26.0 Å². The van der Waals surface area contributed by atoms with Crippen LogP contribution >= 0.6 is 0 Å². The molecular formula is C25H38N4O9. The Morgan fingerprint density at radius 1 is 1.08 bits per heavy atom. The first-order valence-corrected chi connectivity index (χ1v) is 12.6. The van der Waals surface area contributed by atoms with Crippen LogP contribution in [0, 0.1) is 0 Å². The van der Waals surface area contributed by atoms with Crippen LogP contribution in [-0.4, -0.2) is 105 Å². The molecule has 2 heterocycles. The Labute approximate surface area is 220 Å². The number of aliphatic hydroxyl groups excluding tert-OH is 5. The van der Waals surface area contributed by atoms with Crippen molar-refractivity contribution in [2.45, 2.75) is 63.3 Å². The molecule has 0 saturated carbocycles. The minimum absolute atomic E-state index is 0.0894. The number of hydrogen-bond donors (Lipinski definition) is 8. The molecule has 1 aliphatic heterocycles. The zero-order chi connectivity index (χ0) is 27.7. The zero-order valence-corrected chi connectivity index (χ0v) is 21.5. The highest BCUT2D eigenvalue weighted by Crippen LogP contribution is 2.31. The van der Waals surface area contributed by atoms with Crippen LogP contribution in [0.3, 0.4) is 0 Å². The molecule has 1 aromatic heterocycles. The first-order valence-electron chi connectivity index (χ1n) is 12.6. The predicted molar refractivity (Wildman–Crippen MR) is 135 cm³/mol. The normalized spacial score (nSPS) is 23.3. The minimum atomic E-state index is -1.55. The van der Waals surface area contributed by atoms with Gasteiger partial charge in [0.05, 0.1) is 19.8 Å². The van der Waals surface area contributed by atoms with Crippen LogP contribution in [0.4, 0.5) is 4.79 Å². The number of rotatable bonds is 13. The fraction of sp³-hybridized carbons (Fsp3) is 0.600. The number of ether oxygens (including phenoxy) is 3. The molecule has 13 nitrogen and oxygen atoms in total. The van der Waals surface area contributed by atoms with E-state index in [1.54, 1.807) is 0 Å². The van der Waals surface area contributed by atoms with E-state index in [0.717, 1.165) is 16.8 Å².